The zero-order valence-corrected chi connectivity index (χ0v) is 28.8. The summed E-state index contributed by atoms with van der Waals surface area (Å²) < 4.78 is 2.58. The van der Waals surface area contributed by atoms with Crippen LogP contribution >= 0.6 is 6.39 Å². The number of para-hydroxylation sites is 3. The summed E-state index contributed by atoms with van der Waals surface area (Å²) in [6.07, 6.45) is -0.0348. The number of nitrogens with zero attached hydrogens (tertiary/aromatic N) is 1. The van der Waals surface area contributed by atoms with Gasteiger partial charge in [0.05, 0.1) is 0 Å². The van der Waals surface area contributed by atoms with Crippen molar-refractivity contribution < 1.29 is 0 Å². The van der Waals surface area contributed by atoms with Crippen molar-refractivity contribution in [3.63, 3.8) is 0 Å². The van der Waals surface area contributed by atoms with E-state index in [4.69, 9.17) is 0 Å². The Labute approximate surface area is 299 Å². The van der Waals surface area contributed by atoms with E-state index in [1.807, 2.05) is 0 Å². The number of hydrogen-bond donors (Lipinski definition) is 1. The second kappa shape index (κ2) is 9.03. The molecule has 232 valence electrons. The fraction of sp³-hybridized carbons (Fsp3) is 0.0233. The molecule has 0 spiro atoms. The number of aromatic nitrogens is 1. The van der Waals surface area contributed by atoms with E-state index in [1.165, 1.54) is 71.8 Å². The number of rotatable bonds is 5. The van der Waals surface area contributed by atoms with Crippen molar-refractivity contribution in [2.75, 3.05) is 5.09 Å². The Kier molecular flexibility index (Phi) is 4.88. The first-order valence-corrected chi connectivity index (χ1v) is 20.8. The molecule has 7 aromatic carbocycles. The molecule has 14 rings (SSSR count). The number of nitrogens with one attached hydrogen (secondary N) is 1. The molecule has 0 unspecified atom stereocenters. The molecule has 7 heterocycles. The maximum atomic E-state index is 4.31. The van der Waals surface area contributed by atoms with Crippen LogP contribution in [0.15, 0.2) is 170 Å². The number of fused-ring (bicyclic) bond motifs is 7. The van der Waals surface area contributed by atoms with E-state index in [-0.39, 0.29) is 6.71 Å². The Morgan fingerprint density at radius 1 is 0.569 bits per heavy atom. The second-order valence-corrected chi connectivity index (χ2v) is 20.7. The van der Waals surface area contributed by atoms with E-state index in [9.17, 15) is 0 Å². The summed E-state index contributed by atoms with van der Waals surface area (Å²) in [4.78, 5) is 0. The van der Waals surface area contributed by atoms with Gasteiger partial charge in [-0.1, -0.05) is 0 Å². The van der Waals surface area contributed by atoms with Crippen molar-refractivity contribution in [2.24, 2.45) is 0 Å². The number of anilines is 1. The number of benzene rings is 7. The van der Waals surface area contributed by atoms with Crippen molar-refractivity contribution in [1.82, 2.24) is 4.57 Å². The molecule has 6 aliphatic rings. The van der Waals surface area contributed by atoms with Gasteiger partial charge in [0.15, 0.2) is 0 Å². The average molecular weight is 659 g/mol. The van der Waals surface area contributed by atoms with Gasteiger partial charge in [-0.15, -0.1) is 0 Å². The van der Waals surface area contributed by atoms with Gasteiger partial charge in [0.1, 0.15) is 0 Å². The van der Waals surface area contributed by atoms with Crippen LogP contribution in [0.3, 0.4) is 0 Å². The summed E-state index contributed by atoms with van der Waals surface area (Å²) in [6.45, 7) is 0.126. The SMILES string of the molecule is [B-]1B2B3B1P23(Nc1ccccc1)c1ccc2c(c1)B1c3c(cccc3C2(c2ccccc2)c2ccccc2)-n2c3ccccc3c3cccc1c32. The monoisotopic (exact) mass is 659 g/mol. The summed E-state index contributed by atoms with van der Waals surface area (Å²) in [5, 5.41) is 8.56. The van der Waals surface area contributed by atoms with E-state index in [0.717, 1.165) is 18.6 Å². The Morgan fingerprint density at radius 3 is 1.92 bits per heavy atom. The average Bonchev–Trinajstić information content (AvgIpc) is 3.78. The Hall–Kier alpha value is -5.11. The first-order chi connectivity index (χ1) is 25.3. The predicted octanol–water partition coefficient (Wildman–Crippen LogP) is 6.38. The van der Waals surface area contributed by atoms with Gasteiger partial charge in [-0.25, -0.2) is 0 Å². The molecule has 2 nitrogen and oxygen atoms in total. The third-order valence-electron chi connectivity index (χ3n) is 13.8. The molecule has 0 aliphatic carbocycles. The fourth-order valence-corrected chi connectivity index (χ4v) is 19.7. The minimum absolute atomic E-state index is 0.126. The summed E-state index contributed by atoms with van der Waals surface area (Å²) >= 11 is 0. The maximum absolute atomic E-state index is 4.31. The molecule has 4 saturated heterocycles. The van der Waals surface area contributed by atoms with Crippen LogP contribution in [0.1, 0.15) is 22.3 Å². The van der Waals surface area contributed by atoms with E-state index >= 15 is 0 Å². The van der Waals surface area contributed by atoms with Gasteiger partial charge in [-0.3, -0.25) is 0 Å². The van der Waals surface area contributed by atoms with E-state index in [2.05, 4.69) is 187 Å². The van der Waals surface area contributed by atoms with Gasteiger partial charge in [-0.05, 0) is 0 Å². The van der Waals surface area contributed by atoms with E-state index in [1.54, 1.807) is 5.30 Å². The van der Waals surface area contributed by atoms with Crippen molar-refractivity contribution in [2.45, 2.75) is 5.41 Å². The predicted molar refractivity (Wildman–Crippen MR) is 223 cm³/mol. The van der Waals surface area contributed by atoms with Crippen LogP contribution in [0, 0.1) is 0 Å². The van der Waals surface area contributed by atoms with Gasteiger partial charge in [-0.2, -0.15) is 0 Å². The summed E-state index contributed by atoms with van der Waals surface area (Å²) in [5.74, 6) is 0. The third kappa shape index (κ3) is 2.90. The molecule has 0 atom stereocenters. The molecule has 8 heteroatoms. The second-order valence-electron chi connectivity index (χ2n) is 15.5. The molecule has 2 radical (unpaired) electrons. The van der Waals surface area contributed by atoms with E-state index in [0.29, 0.717) is 0 Å². The van der Waals surface area contributed by atoms with Gasteiger partial charge in [0.2, 0.25) is 0 Å². The normalized spacial score (nSPS) is 18.9. The van der Waals surface area contributed by atoms with Gasteiger partial charge < -0.3 is 0 Å². The standard InChI is InChI=1S/C43H29B5N2P/c1-4-14-29(15-5-1)43(30-16-6-2-7-17-30)35-27-26-32(51(46-44-47(51)48(46)51)49-31-18-8-3-9-19-31)28-38(35)45-37-23-12-21-34-33-20-10-11-24-39(33)50(42(34)37)40-25-13-22-36(43)41(40)45/h1-28,49H/q-1. The Bertz CT molecular complexity index is 2760. The zero-order valence-electron chi connectivity index (χ0n) is 27.9. The van der Waals surface area contributed by atoms with Gasteiger partial charge >= 0.3 is 301 Å². The molecular formula is C43H29B5N2P-. The van der Waals surface area contributed by atoms with Crippen LogP contribution in [0.2, 0.25) is 0 Å². The molecule has 4 fully saturated rings. The quantitative estimate of drug-likeness (QED) is 0.168. The van der Waals surface area contributed by atoms with Crippen LogP contribution in [0.25, 0.3) is 27.5 Å². The van der Waals surface area contributed by atoms with Crippen LogP contribution < -0.4 is 26.8 Å². The van der Waals surface area contributed by atoms with Gasteiger partial charge in [0, 0.05) is 0 Å². The first kappa shape index (κ1) is 27.6. The fourth-order valence-electron chi connectivity index (χ4n) is 11.6. The first-order valence-electron chi connectivity index (χ1n) is 18.4. The summed E-state index contributed by atoms with van der Waals surface area (Å²) in [7, 11) is 2.64. The van der Waals surface area contributed by atoms with Crippen molar-refractivity contribution in [3.8, 4) is 5.69 Å². The molecule has 2 bridgehead atoms. The molecule has 51 heavy (non-hydrogen) atoms. The topological polar surface area (TPSA) is 17.0 Å². The molecule has 1 aromatic heterocycles. The summed E-state index contributed by atoms with van der Waals surface area (Å²) in [5.41, 5.74) is 14.5. The van der Waals surface area contributed by atoms with Crippen molar-refractivity contribution in [3.05, 3.63) is 192 Å². The van der Waals surface area contributed by atoms with Crippen molar-refractivity contribution >= 4 is 88.0 Å². The molecule has 6 aliphatic heterocycles. The molecule has 1 N–H and O–H groups in total. The van der Waals surface area contributed by atoms with Crippen molar-refractivity contribution in [1.29, 1.82) is 0 Å². The van der Waals surface area contributed by atoms with Crippen LogP contribution in [0.5, 0.6) is 0 Å². The van der Waals surface area contributed by atoms with Crippen LogP contribution in [0.4, 0.5) is 5.69 Å². The van der Waals surface area contributed by atoms with Crippen LogP contribution in [-0.2, 0) is 5.41 Å². The minimum atomic E-state index is -2.28. The molecule has 0 saturated carbocycles. The van der Waals surface area contributed by atoms with E-state index < -0.39 is 11.8 Å². The van der Waals surface area contributed by atoms with Crippen LogP contribution in [-0.4, -0.2) is 37.0 Å². The summed E-state index contributed by atoms with van der Waals surface area (Å²) in [6, 6.07) is 64.7. The molecular weight excluding hydrogens is 630 g/mol. The Morgan fingerprint density at radius 2 is 1.22 bits per heavy atom. The van der Waals surface area contributed by atoms with Gasteiger partial charge in [0.25, 0.3) is 0 Å². The zero-order chi connectivity index (χ0) is 33.1. The molecule has 8 aromatic rings. The molecule has 0 amide bonds. The number of hydrogen-bond acceptors (Lipinski definition) is 1. The Balaban J connectivity index is 1.18. The third-order valence-corrected chi connectivity index (χ3v) is 20.8.